The van der Waals surface area contributed by atoms with E-state index in [4.69, 9.17) is 4.42 Å². The Morgan fingerprint density at radius 2 is 1.02 bits per heavy atom. The highest BCUT2D eigenvalue weighted by molar-refractivity contribution is 7.26. The molecule has 1 aliphatic carbocycles. The maximum absolute atomic E-state index is 6.30. The SMILES string of the molecule is c1ccc(C2(c3ccccc3)c3ccccc3-c3c(N(c4ccc(-c5ccc6c(c5)oc5ccccc56)cc4)c4cccc5c4sc4ccccc45)cccc32)cc1. The van der Waals surface area contributed by atoms with E-state index in [1.165, 1.54) is 53.6 Å². The number of benzene rings is 9. The molecule has 0 aliphatic heterocycles. The van der Waals surface area contributed by atoms with Crippen molar-refractivity contribution >= 4 is 70.5 Å². The Balaban J connectivity index is 1.11. The van der Waals surface area contributed by atoms with Crippen LogP contribution >= 0.6 is 11.3 Å². The largest absolute Gasteiger partial charge is 0.456 e. The molecule has 58 heavy (non-hydrogen) atoms. The summed E-state index contributed by atoms with van der Waals surface area (Å²) >= 11 is 1.87. The summed E-state index contributed by atoms with van der Waals surface area (Å²) in [5.74, 6) is 0. The van der Waals surface area contributed by atoms with Gasteiger partial charge in [-0.15, -0.1) is 11.3 Å². The summed E-state index contributed by atoms with van der Waals surface area (Å²) in [7, 11) is 0. The van der Waals surface area contributed by atoms with Gasteiger partial charge in [-0.2, -0.15) is 0 Å². The summed E-state index contributed by atoms with van der Waals surface area (Å²) in [5.41, 5.74) is 14.6. The number of hydrogen-bond donors (Lipinski definition) is 0. The Morgan fingerprint density at radius 3 is 1.83 bits per heavy atom. The number of para-hydroxylation sites is 1. The second-order valence-electron chi connectivity index (χ2n) is 15.2. The molecule has 1 aliphatic rings. The molecular formula is C55H35NOS. The quantitative estimate of drug-likeness (QED) is 0.168. The monoisotopic (exact) mass is 757 g/mol. The van der Waals surface area contributed by atoms with E-state index in [9.17, 15) is 0 Å². The lowest BCUT2D eigenvalue weighted by atomic mass is 9.68. The minimum Gasteiger partial charge on any atom is -0.456 e. The standard InChI is InChI=1S/C55H35NOS/c1-3-15-38(16-4-1)55(39-17-5-2-6-18-39)46-23-10-7-21-45(46)53-47(55)24-14-25-48(53)56(49-26-13-22-44-43-20-9-12-28-52(43)58-54(44)49)40-32-29-36(30-33-40)37-31-34-42-41-19-8-11-27-50(41)57-51(42)35-37/h1-35H. The van der Waals surface area contributed by atoms with Crippen LogP contribution in [-0.4, -0.2) is 0 Å². The minimum atomic E-state index is -0.501. The molecule has 0 spiro atoms. The van der Waals surface area contributed by atoms with E-state index in [0.717, 1.165) is 50.1 Å². The molecule has 2 aromatic heterocycles. The lowest BCUT2D eigenvalue weighted by Crippen LogP contribution is -2.28. The topological polar surface area (TPSA) is 16.4 Å². The highest BCUT2D eigenvalue weighted by Crippen LogP contribution is 2.60. The van der Waals surface area contributed by atoms with Crippen molar-refractivity contribution in [3.8, 4) is 22.3 Å². The zero-order valence-corrected chi connectivity index (χ0v) is 32.3. The van der Waals surface area contributed by atoms with E-state index < -0.39 is 5.41 Å². The molecule has 0 saturated heterocycles. The first-order valence-electron chi connectivity index (χ1n) is 19.8. The van der Waals surface area contributed by atoms with Gasteiger partial charge in [0.05, 0.1) is 21.5 Å². The zero-order chi connectivity index (χ0) is 38.2. The molecule has 0 atom stereocenters. The van der Waals surface area contributed by atoms with Crippen LogP contribution in [0.15, 0.2) is 217 Å². The summed E-state index contributed by atoms with van der Waals surface area (Å²) in [5, 5.41) is 4.84. The van der Waals surface area contributed by atoms with Crippen LogP contribution in [0.25, 0.3) is 64.4 Å². The predicted octanol–water partition coefficient (Wildman–Crippen LogP) is 15.5. The maximum atomic E-state index is 6.30. The molecule has 3 heteroatoms. The third-order valence-corrected chi connectivity index (χ3v) is 13.4. The van der Waals surface area contributed by atoms with Crippen molar-refractivity contribution in [3.05, 3.63) is 235 Å². The van der Waals surface area contributed by atoms with Crippen LogP contribution in [0.4, 0.5) is 17.1 Å². The molecule has 0 fully saturated rings. The molecule has 0 radical (unpaired) electrons. The lowest BCUT2D eigenvalue weighted by Gasteiger charge is -2.34. The summed E-state index contributed by atoms with van der Waals surface area (Å²) in [6.45, 7) is 0. The first-order valence-corrected chi connectivity index (χ1v) is 20.7. The molecule has 2 heterocycles. The van der Waals surface area contributed by atoms with Gasteiger partial charge in [0.25, 0.3) is 0 Å². The molecule has 272 valence electrons. The molecule has 12 rings (SSSR count). The number of thiophene rings is 1. The summed E-state index contributed by atoms with van der Waals surface area (Å²) in [6, 6.07) is 77.6. The second-order valence-corrected chi connectivity index (χ2v) is 16.2. The van der Waals surface area contributed by atoms with Crippen molar-refractivity contribution in [2.75, 3.05) is 4.90 Å². The van der Waals surface area contributed by atoms with E-state index in [1.807, 2.05) is 23.5 Å². The molecule has 0 bridgehead atoms. The summed E-state index contributed by atoms with van der Waals surface area (Å²) in [6.07, 6.45) is 0. The summed E-state index contributed by atoms with van der Waals surface area (Å²) < 4.78 is 8.86. The lowest BCUT2D eigenvalue weighted by molar-refractivity contribution is 0.669. The van der Waals surface area contributed by atoms with Gasteiger partial charge in [0.2, 0.25) is 0 Å². The van der Waals surface area contributed by atoms with Gasteiger partial charge in [0.1, 0.15) is 11.2 Å². The Morgan fingerprint density at radius 1 is 0.414 bits per heavy atom. The maximum Gasteiger partial charge on any atom is 0.136 e. The molecule has 2 nitrogen and oxygen atoms in total. The van der Waals surface area contributed by atoms with Crippen LogP contribution < -0.4 is 4.90 Å². The Hall–Kier alpha value is -7.20. The van der Waals surface area contributed by atoms with Crippen molar-refractivity contribution in [2.24, 2.45) is 0 Å². The molecule has 0 amide bonds. The average molecular weight is 758 g/mol. The summed E-state index contributed by atoms with van der Waals surface area (Å²) in [4.78, 5) is 2.51. The molecule has 11 aromatic rings. The van der Waals surface area contributed by atoms with Crippen LogP contribution in [0.3, 0.4) is 0 Å². The van der Waals surface area contributed by atoms with Crippen LogP contribution in [0.1, 0.15) is 22.3 Å². The molecular weight excluding hydrogens is 723 g/mol. The number of hydrogen-bond acceptors (Lipinski definition) is 3. The smallest absolute Gasteiger partial charge is 0.136 e. The second kappa shape index (κ2) is 12.9. The van der Waals surface area contributed by atoms with Crippen molar-refractivity contribution in [3.63, 3.8) is 0 Å². The van der Waals surface area contributed by atoms with Crippen molar-refractivity contribution in [1.82, 2.24) is 0 Å². The van der Waals surface area contributed by atoms with Crippen molar-refractivity contribution in [1.29, 1.82) is 0 Å². The minimum absolute atomic E-state index is 0.501. The van der Waals surface area contributed by atoms with Crippen LogP contribution in [-0.2, 0) is 5.41 Å². The first-order chi connectivity index (χ1) is 28.8. The van der Waals surface area contributed by atoms with Crippen LogP contribution in [0, 0.1) is 0 Å². The Labute approximate surface area is 340 Å². The highest BCUT2D eigenvalue weighted by atomic mass is 32.1. The molecule has 0 saturated carbocycles. The van der Waals surface area contributed by atoms with Gasteiger partial charge in [-0.1, -0.05) is 164 Å². The van der Waals surface area contributed by atoms with Gasteiger partial charge in [-0.3, -0.25) is 0 Å². The molecule has 9 aromatic carbocycles. The van der Waals surface area contributed by atoms with E-state index in [2.05, 4.69) is 205 Å². The fourth-order valence-corrected chi connectivity index (χ4v) is 10.9. The third kappa shape index (κ3) is 4.78. The van der Waals surface area contributed by atoms with Gasteiger partial charge in [0.15, 0.2) is 0 Å². The Kier molecular flexibility index (Phi) is 7.35. The number of anilines is 3. The van der Waals surface area contributed by atoms with Gasteiger partial charge in [0, 0.05) is 37.5 Å². The highest BCUT2D eigenvalue weighted by Gasteiger charge is 2.47. The normalized spacial score (nSPS) is 13.0. The van der Waals surface area contributed by atoms with Gasteiger partial charge in [-0.05, 0) is 87.5 Å². The van der Waals surface area contributed by atoms with Crippen molar-refractivity contribution < 1.29 is 4.42 Å². The van der Waals surface area contributed by atoms with Crippen LogP contribution in [0.5, 0.6) is 0 Å². The number of rotatable bonds is 6. The number of furan rings is 1. The van der Waals surface area contributed by atoms with Crippen molar-refractivity contribution in [2.45, 2.75) is 5.41 Å². The zero-order valence-electron chi connectivity index (χ0n) is 31.5. The van der Waals surface area contributed by atoms with E-state index >= 15 is 0 Å². The average Bonchev–Trinajstić information content (AvgIpc) is 3.96. The van der Waals surface area contributed by atoms with E-state index in [0.29, 0.717) is 0 Å². The van der Waals surface area contributed by atoms with E-state index in [1.54, 1.807) is 0 Å². The fraction of sp³-hybridized carbons (Fsp3) is 0.0182. The van der Waals surface area contributed by atoms with E-state index in [-0.39, 0.29) is 0 Å². The molecule has 0 unspecified atom stereocenters. The fourth-order valence-electron chi connectivity index (χ4n) is 9.68. The first kappa shape index (κ1) is 33.0. The van der Waals surface area contributed by atoms with Gasteiger partial charge >= 0.3 is 0 Å². The molecule has 0 N–H and O–H groups in total. The third-order valence-electron chi connectivity index (χ3n) is 12.2. The van der Waals surface area contributed by atoms with Gasteiger partial charge < -0.3 is 9.32 Å². The number of nitrogens with zero attached hydrogens (tertiary/aromatic N) is 1. The number of fused-ring (bicyclic) bond motifs is 9. The van der Waals surface area contributed by atoms with Gasteiger partial charge in [-0.25, -0.2) is 0 Å². The van der Waals surface area contributed by atoms with Crippen LogP contribution in [0.2, 0.25) is 0 Å². The predicted molar refractivity (Wildman–Crippen MR) is 244 cm³/mol. The Bertz CT molecular complexity index is 3300.